The number of hydrogen-bond donors (Lipinski definition) is 0. The Morgan fingerprint density at radius 1 is 1.00 bits per heavy atom. The summed E-state index contributed by atoms with van der Waals surface area (Å²) in [5.74, 6) is 0.988. The number of unbranched alkanes of at least 4 members (excludes halogenated alkanes) is 1. The molecule has 138 valence electrons. The predicted octanol–water partition coefficient (Wildman–Crippen LogP) is 2.88. The smallest absolute Gasteiger partial charge is 0.260 e. The molecule has 5 nitrogen and oxygen atoms in total. The highest BCUT2D eigenvalue weighted by molar-refractivity contribution is 5.78. The second-order valence-corrected chi connectivity index (χ2v) is 6.47. The summed E-state index contributed by atoms with van der Waals surface area (Å²) in [6.45, 7) is 6.87. The zero-order chi connectivity index (χ0) is 18.1. The molecule has 1 aromatic carbocycles. The van der Waals surface area contributed by atoms with Gasteiger partial charge < -0.3 is 14.5 Å². The van der Waals surface area contributed by atoms with Crippen molar-refractivity contribution in [1.29, 1.82) is 0 Å². The van der Waals surface area contributed by atoms with E-state index in [0.717, 1.165) is 43.5 Å². The predicted molar refractivity (Wildman–Crippen MR) is 98.6 cm³/mol. The highest BCUT2D eigenvalue weighted by atomic mass is 16.5. The molecule has 1 fully saturated rings. The zero-order valence-corrected chi connectivity index (χ0v) is 15.5. The zero-order valence-electron chi connectivity index (χ0n) is 15.5. The van der Waals surface area contributed by atoms with Crippen LogP contribution in [0, 0.1) is 0 Å². The van der Waals surface area contributed by atoms with Crippen LogP contribution in [0.3, 0.4) is 0 Å². The minimum Gasteiger partial charge on any atom is -0.483 e. The molecule has 0 spiro atoms. The quantitative estimate of drug-likeness (QED) is 0.763. The van der Waals surface area contributed by atoms with Gasteiger partial charge in [0.2, 0.25) is 5.91 Å². The summed E-state index contributed by atoms with van der Waals surface area (Å²) < 4.78 is 5.74. The first kappa shape index (κ1) is 19.3. The molecule has 5 heteroatoms. The average molecular weight is 346 g/mol. The number of para-hydroxylation sites is 1. The SMILES string of the molecule is CCCCC(=O)N1CCCN(C(=O)COc2ccccc2CC)CC1. The van der Waals surface area contributed by atoms with E-state index in [1.807, 2.05) is 34.1 Å². The summed E-state index contributed by atoms with van der Waals surface area (Å²) in [5.41, 5.74) is 1.11. The van der Waals surface area contributed by atoms with Gasteiger partial charge in [0.25, 0.3) is 5.91 Å². The monoisotopic (exact) mass is 346 g/mol. The van der Waals surface area contributed by atoms with E-state index >= 15 is 0 Å². The van der Waals surface area contributed by atoms with Crippen molar-refractivity contribution in [2.75, 3.05) is 32.8 Å². The van der Waals surface area contributed by atoms with Gasteiger partial charge in [0.15, 0.2) is 6.61 Å². The number of hydrogen-bond acceptors (Lipinski definition) is 3. The second-order valence-electron chi connectivity index (χ2n) is 6.47. The first-order chi connectivity index (χ1) is 12.2. The molecule has 1 aliphatic rings. The highest BCUT2D eigenvalue weighted by Gasteiger charge is 2.22. The third-order valence-electron chi connectivity index (χ3n) is 4.65. The van der Waals surface area contributed by atoms with Crippen LogP contribution in [0.1, 0.15) is 45.1 Å². The van der Waals surface area contributed by atoms with Gasteiger partial charge in [0.1, 0.15) is 5.75 Å². The van der Waals surface area contributed by atoms with E-state index in [9.17, 15) is 9.59 Å². The lowest BCUT2D eigenvalue weighted by molar-refractivity contribution is -0.134. The number of amides is 2. The Balaban J connectivity index is 1.83. The van der Waals surface area contributed by atoms with E-state index in [1.54, 1.807) is 0 Å². The van der Waals surface area contributed by atoms with Crippen molar-refractivity contribution in [3.8, 4) is 5.75 Å². The molecule has 0 unspecified atom stereocenters. The number of carbonyl (C=O) groups is 2. The lowest BCUT2D eigenvalue weighted by atomic mass is 10.1. The first-order valence-corrected chi connectivity index (χ1v) is 9.42. The summed E-state index contributed by atoms with van der Waals surface area (Å²) in [4.78, 5) is 28.4. The van der Waals surface area contributed by atoms with Crippen molar-refractivity contribution in [2.24, 2.45) is 0 Å². The molecule has 1 aliphatic heterocycles. The molecule has 2 rings (SSSR count). The maximum Gasteiger partial charge on any atom is 0.260 e. The van der Waals surface area contributed by atoms with Gasteiger partial charge in [-0.2, -0.15) is 0 Å². The van der Waals surface area contributed by atoms with Crippen LogP contribution >= 0.6 is 0 Å². The van der Waals surface area contributed by atoms with Crippen molar-refractivity contribution in [3.63, 3.8) is 0 Å². The molecule has 1 aromatic rings. The third-order valence-corrected chi connectivity index (χ3v) is 4.65. The maximum atomic E-state index is 12.5. The van der Waals surface area contributed by atoms with Crippen LogP contribution in [-0.4, -0.2) is 54.4 Å². The van der Waals surface area contributed by atoms with Crippen LogP contribution in [0.2, 0.25) is 0 Å². The Labute approximate surface area is 150 Å². The molecule has 0 bridgehead atoms. The Morgan fingerprint density at radius 2 is 1.68 bits per heavy atom. The van der Waals surface area contributed by atoms with Gasteiger partial charge in [-0.3, -0.25) is 9.59 Å². The summed E-state index contributed by atoms with van der Waals surface area (Å²) in [7, 11) is 0. The lowest BCUT2D eigenvalue weighted by Crippen LogP contribution is -2.39. The van der Waals surface area contributed by atoms with E-state index in [-0.39, 0.29) is 18.4 Å². The van der Waals surface area contributed by atoms with Gasteiger partial charge in [-0.05, 0) is 30.9 Å². The number of benzene rings is 1. The van der Waals surface area contributed by atoms with E-state index in [0.29, 0.717) is 26.1 Å². The van der Waals surface area contributed by atoms with Crippen molar-refractivity contribution in [1.82, 2.24) is 9.80 Å². The van der Waals surface area contributed by atoms with E-state index in [2.05, 4.69) is 13.8 Å². The summed E-state index contributed by atoms with van der Waals surface area (Å²) in [6.07, 6.45) is 4.28. The van der Waals surface area contributed by atoms with Gasteiger partial charge in [0.05, 0.1) is 0 Å². The normalized spacial score (nSPS) is 15.0. The number of ether oxygens (including phenoxy) is 1. The molecule has 0 saturated carbocycles. The fourth-order valence-corrected chi connectivity index (χ4v) is 3.07. The Hall–Kier alpha value is -2.04. The largest absolute Gasteiger partial charge is 0.483 e. The van der Waals surface area contributed by atoms with Crippen LogP contribution in [-0.2, 0) is 16.0 Å². The molecule has 2 amide bonds. The third kappa shape index (κ3) is 5.76. The van der Waals surface area contributed by atoms with Crippen LogP contribution < -0.4 is 4.74 Å². The molecule has 1 heterocycles. The molecule has 25 heavy (non-hydrogen) atoms. The molecular weight excluding hydrogens is 316 g/mol. The van der Waals surface area contributed by atoms with Crippen LogP contribution in [0.25, 0.3) is 0 Å². The fourth-order valence-electron chi connectivity index (χ4n) is 3.07. The first-order valence-electron chi connectivity index (χ1n) is 9.42. The Morgan fingerprint density at radius 3 is 2.36 bits per heavy atom. The van der Waals surface area contributed by atoms with Crippen LogP contribution in [0.15, 0.2) is 24.3 Å². The minimum absolute atomic E-state index is 0.00577. The minimum atomic E-state index is -0.00577. The molecule has 0 aromatic heterocycles. The van der Waals surface area contributed by atoms with Crippen LogP contribution in [0.5, 0.6) is 5.75 Å². The number of rotatable bonds is 7. The fraction of sp³-hybridized carbons (Fsp3) is 0.600. The summed E-state index contributed by atoms with van der Waals surface area (Å²) in [5, 5.41) is 0. The van der Waals surface area contributed by atoms with Gasteiger partial charge in [0, 0.05) is 32.6 Å². The van der Waals surface area contributed by atoms with Crippen LogP contribution in [0.4, 0.5) is 0 Å². The topological polar surface area (TPSA) is 49.9 Å². The van der Waals surface area contributed by atoms with Gasteiger partial charge in [-0.25, -0.2) is 0 Å². The number of carbonyl (C=O) groups excluding carboxylic acids is 2. The molecular formula is C20H30N2O3. The van der Waals surface area contributed by atoms with Gasteiger partial charge in [-0.1, -0.05) is 38.5 Å². The molecule has 0 atom stereocenters. The molecule has 0 N–H and O–H groups in total. The maximum absolute atomic E-state index is 12.5. The summed E-state index contributed by atoms with van der Waals surface area (Å²) >= 11 is 0. The standard InChI is InChI=1S/C20H30N2O3/c1-3-5-11-19(23)21-12-8-13-22(15-14-21)20(24)16-25-18-10-7-6-9-17(18)4-2/h6-7,9-10H,3-5,8,11-16H2,1-2H3. The number of nitrogens with zero attached hydrogens (tertiary/aromatic N) is 2. The Kier molecular flexibility index (Phi) is 7.76. The molecule has 1 saturated heterocycles. The van der Waals surface area contributed by atoms with Crippen molar-refractivity contribution in [3.05, 3.63) is 29.8 Å². The van der Waals surface area contributed by atoms with Crippen molar-refractivity contribution in [2.45, 2.75) is 46.0 Å². The highest BCUT2D eigenvalue weighted by Crippen LogP contribution is 2.18. The molecule has 0 radical (unpaired) electrons. The molecule has 0 aliphatic carbocycles. The van der Waals surface area contributed by atoms with Gasteiger partial charge in [-0.15, -0.1) is 0 Å². The van der Waals surface area contributed by atoms with Gasteiger partial charge >= 0.3 is 0 Å². The summed E-state index contributed by atoms with van der Waals surface area (Å²) in [6, 6.07) is 7.82. The second kappa shape index (κ2) is 10.1. The van der Waals surface area contributed by atoms with Crippen molar-refractivity contribution < 1.29 is 14.3 Å². The van der Waals surface area contributed by atoms with E-state index in [1.165, 1.54) is 0 Å². The van der Waals surface area contributed by atoms with E-state index < -0.39 is 0 Å². The lowest BCUT2D eigenvalue weighted by Gasteiger charge is -2.22. The average Bonchev–Trinajstić information content (AvgIpc) is 2.90. The van der Waals surface area contributed by atoms with Crippen molar-refractivity contribution >= 4 is 11.8 Å². The van der Waals surface area contributed by atoms with E-state index in [4.69, 9.17) is 4.74 Å². The number of aryl methyl sites for hydroxylation is 1. The Bertz CT molecular complexity index is 574.